The van der Waals surface area contributed by atoms with Gasteiger partial charge in [-0.05, 0) is 19.1 Å². The molecule has 2 amide bonds. The first-order valence-corrected chi connectivity index (χ1v) is 6.88. The summed E-state index contributed by atoms with van der Waals surface area (Å²) in [5.41, 5.74) is 0.609. The summed E-state index contributed by atoms with van der Waals surface area (Å²) >= 11 is 0. The van der Waals surface area contributed by atoms with Crippen molar-refractivity contribution in [2.24, 2.45) is 0 Å². The molecule has 1 aromatic rings. The number of hydrogen-bond donors (Lipinski definition) is 1. The van der Waals surface area contributed by atoms with Crippen LogP contribution in [0.2, 0.25) is 0 Å². The molecule has 1 aromatic carbocycles. The Kier molecular flexibility index (Phi) is 5.12. The Balaban J connectivity index is 1.81. The van der Waals surface area contributed by atoms with E-state index in [1.54, 1.807) is 17.0 Å². The Morgan fingerprint density at radius 3 is 2.55 bits per heavy atom. The fraction of sp³-hybridized carbons (Fsp3) is 0.467. The fourth-order valence-corrected chi connectivity index (χ4v) is 2.15. The van der Waals surface area contributed by atoms with Crippen LogP contribution in [0.5, 0.6) is 0 Å². The molecule has 5 heteroatoms. The first-order chi connectivity index (χ1) is 9.66. The van der Waals surface area contributed by atoms with Gasteiger partial charge in [-0.25, -0.2) is 0 Å². The Labute approximate surface area is 118 Å². The summed E-state index contributed by atoms with van der Waals surface area (Å²) in [4.78, 5) is 25.8. The summed E-state index contributed by atoms with van der Waals surface area (Å²) in [5.74, 6) is -0.0814. The summed E-state index contributed by atoms with van der Waals surface area (Å²) < 4.78 is 5.21. The number of hydrogen-bond acceptors (Lipinski definition) is 3. The standard InChI is InChI=1S/C15H20N2O3/c1-12(11-14(18)17-7-9-20-10-8-17)16-15(19)13-5-3-2-4-6-13/h2-6,12H,7-11H2,1H3,(H,16,19)/t12-/m1/s1. The Morgan fingerprint density at radius 2 is 1.90 bits per heavy atom. The van der Waals surface area contributed by atoms with Gasteiger partial charge < -0.3 is 15.0 Å². The summed E-state index contributed by atoms with van der Waals surface area (Å²) in [6.07, 6.45) is 0.318. The second-order valence-corrected chi connectivity index (χ2v) is 4.94. The molecule has 0 aliphatic carbocycles. The minimum Gasteiger partial charge on any atom is -0.378 e. The average Bonchev–Trinajstić information content (AvgIpc) is 2.49. The molecule has 0 spiro atoms. The first-order valence-electron chi connectivity index (χ1n) is 6.88. The van der Waals surface area contributed by atoms with Gasteiger partial charge in [0.25, 0.3) is 5.91 Å². The normalized spacial score (nSPS) is 16.6. The van der Waals surface area contributed by atoms with Crippen LogP contribution in [-0.4, -0.2) is 49.1 Å². The molecule has 0 bridgehead atoms. The second-order valence-electron chi connectivity index (χ2n) is 4.94. The van der Waals surface area contributed by atoms with Gasteiger partial charge in [0.15, 0.2) is 0 Å². The maximum atomic E-state index is 12.0. The van der Waals surface area contributed by atoms with Gasteiger partial charge >= 0.3 is 0 Å². The van der Waals surface area contributed by atoms with E-state index in [0.717, 1.165) is 0 Å². The minimum atomic E-state index is -0.182. The highest BCUT2D eigenvalue weighted by molar-refractivity contribution is 5.94. The van der Waals surface area contributed by atoms with E-state index >= 15 is 0 Å². The van der Waals surface area contributed by atoms with Crippen LogP contribution >= 0.6 is 0 Å². The maximum Gasteiger partial charge on any atom is 0.251 e. The topological polar surface area (TPSA) is 58.6 Å². The molecule has 1 fully saturated rings. The SMILES string of the molecule is C[C@H](CC(=O)N1CCOCC1)NC(=O)c1ccccc1. The summed E-state index contributed by atoms with van der Waals surface area (Å²) in [5, 5.41) is 2.85. The van der Waals surface area contributed by atoms with E-state index in [-0.39, 0.29) is 17.9 Å². The van der Waals surface area contributed by atoms with Crippen LogP contribution in [0.1, 0.15) is 23.7 Å². The minimum absolute atomic E-state index is 0.0640. The number of nitrogens with zero attached hydrogens (tertiary/aromatic N) is 1. The number of morpholine rings is 1. The Bertz CT molecular complexity index is 455. The molecule has 1 saturated heterocycles. The van der Waals surface area contributed by atoms with Crippen molar-refractivity contribution in [1.29, 1.82) is 0 Å². The molecule has 0 radical (unpaired) electrons. The van der Waals surface area contributed by atoms with E-state index in [1.165, 1.54) is 0 Å². The van der Waals surface area contributed by atoms with E-state index in [9.17, 15) is 9.59 Å². The molecule has 1 aliphatic heterocycles. The lowest BCUT2D eigenvalue weighted by molar-refractivity contribution is -0.135. The monoisotopic (exact) mass is 276 g/mol. The summed E-state index contributed by atoms with van der Waals surface area (Å²) in [6.45, 7) is 4.31. The highest BCUT2D eigenvalue weighted by atomic mass is 16.5. The van der Waals surface area contributed by atoms with Crippen molar-refractivity contribution in [3.8, 4) is 0 Å². The lowest BCUT2D eigenvalue weighted by atomic mass is 10.1. The number of nitrogens with one attached hydrogen (secondary N) is 1. The average molecular weight is 276 g/mol. The second kappa shape index (κ2) is 7.05. The number of carbonyl (C=O) groups excluding carboxylic acids is 2. The van der Waals surface area contributed by atoms with Gasteiger partial charge in [0.2, 0.25) is 5.91 Å². The van der Waals surface area contributed by atoms with E-state index in [2.05, 4.69) is 5.32 Å². The van der Waals surface area contributed by atoms with Crippen LogP contribution in [0.15, 0.2) is 30.3 Å². The maximum absolute atomic E-state index is 12.0. The van der Waals surface area contributed by atoms with Crippen molar-refractivity contribution < 1.29 is 14.3 Å². The van der Waals surface area contributed by atoms with Crippen LogP contribution in [0.25, 0.3) is 0 Å². The van der Waals surface area contributed by atoms with Crippen LogP contribution < -0.4 is 5.32 Å². The molecule has 0 saturated carbocycles. The van der Waals surface area contributed by atoms with Crippen LogP contribution in [0.3, 0.4) is 0 Å². The summed E-state index contributed by atoms with van der Waals surface area (Å²) in [6, 6.07) is 8.83. The van der Waals surface area contributed by atoms with E-state index in [4.69, 9.17) is 4.74 Å². The molecule has 5 nitrogen and oxygen atoms in total. The number of ether oxygens (including phenoxy) is 1. The van der Waals surface area contributed by atoms with Crippen molar-refractivity contribution in [2.75, 3.05) is 26.3 Å². The quantitative estimate of drug-likeness (QED) is 0.894. The molecule has 1 aliphatic rings. The van der Waals surface area contributed by atoms with Gasteiger partial charge in [0.05, 0.1) is 13.2 Å². The van der Waals surface area contributed by atoms with Gasteiger partial charge in [-0.1, -0.05) is 18.2 Å². The largest absolute Gasteiger partial charge is 0.378 e. The van der Waals surface area contributed by atoms with Crippen LogP contribution in [0.4, 0.5) is 0 Å². The number of benzene rings is 1. The number of amides is 2. The highest BCUT2D eigenvalue weighted by Crippen LogP contribution is 2.04. The van der Waals surface area contributed by atoms with E-state index < -0.39 is 0 Å². The predicted molar refractivity (Wildman–Crippen MR) is 75.4 cm³/mol. The van der Waals surface area contributed by atoms with Gasteiger partial charge in [-0.3, -0.25) is 9.59 Å². The molecule has 0 aromatic heterocycles. The smallest absolute Gasteiger partial charge is 0.251 e. The summed E-state index contributed by atoms with van der Waals surface area (Å²) in [7, 11) is 0. The predicted octanol–water partition coefficient (Wildman–Crippen LogP) is 1.05. The number of rotatable bonds is 4. The molecule has 20 heavy (non-hydrogen) atoms. The molecule has 1 atom stereocenters. The first kappa shape index (κ1) is 14.5. The van der Waals surface area contributed by atoms with Gasteiger partial charge in [0, 0.05) is 31.1 Å². The van der Waals surface area contributed by atoms with Gasteiger partial charge in [-0.15, -0.1) is 0 Å². The van der Waals surface area contributed by atoms with Gasteiger partial charge in [-0.2, -0.15) is 0 Å². The molecule has 0 unspecified atom stereocenters. The lowest BCUT2D eigenvalue weighted by Crippen LogP contribution is -2.44. The van der Waals surface area contributed by atoms with Crippen molar-refractivity contribution >= 4 is 11.8 Å². The Morgan fingerprint density at radius 1 is 1.25 bits per heavy atom. The van der Waals surface area contributed by atoms with E-state index in [0.29, 0.717) is 38.3 Å². The molecular weight excluding hydrogens is 256 g/mol. The zero-order valence-electron chi connectivity index (χ0n) is 11.7. The fourth-order valence-electron chi connectivity index (χ4n) is 2.15. The van der Waals surface area contributed by atoms with Crippen molar-refractivity contribution in [2.45, 2.75) is 19.4 Å². The van der Waals surface area contributed by atoms with Crippen molar-refractivity contribution in [3.05, 3.63) is 35.9 Å². The van der Waals surface area contributed by atoms with Crippen molar-refractivity contribution in [3.63, 3.8) is 0 Å². The van der Waals surface area contributed by atoms with Crippen LogP contribution in [0, 0.1) is 0 Å². The highest BCUT2D eigenvalue weighted by Gasteiger charge is 2.20. The zero-order chi connectivity index (χ0) is 14.4. The molecule has 2 rings (SSSR count). The van der Waals surface area contributed by atoms with Crippen molar-refractivity contribution in [1.82, 2.24) is 10.2 Å². The van der Waals surface area contributed by atoms with Crippen LogP contribution in [-0.2, 0) is 9.53 Å². The molecule has 1 heterocycles. The third-order valence-electron chi connectivity index (χ3n) is 3.26. The van der Waals surface area contributed by atoms with E-state index in [1.807, 2.05) is 25.1 Å². The third kappa shape index (κ3) is 4.06. The van der Waals surface area contributed by atoms with Gasteiger partial charge in [0.1, 0.15) is 0 Å². The molecule has 108 valence electrons. The lowest BCUT2D eigenvalue weighted by Gasteiger charge is -2.28. The Hall–Kier alpha value is -1.88. The molecule has 1 N–H and O–H groups in total. The third-order valence-corrected chi connectivity index (χ3v) is 3.26. The molecular formula is C15H20N2O3. The zero-order valence-corrected chi connectivity index (χ0v) is 11.7. The number of carbonyl (C=O) groups is 2.